The fourth-order valence-electron chi connectivity index (χ4n) is 1.53. The standard InChI is InChI=1S/C13H9N3O3S/c14-8-12-13(2-1-7-15-12)20(18,19)16-11-5-3-10(9-17)4-6-11/h1-7,9,16H. The lowest BCUT2D eigenvalue weighted by Crippen LogP contribution is -2.15. The molecule has 1 aromatic heterocycles. The molecule has 0 bridgehead atoms. The number of aromatic nitrogens is 1. The van der Waals surface area contributed by atoms with E-state index >= 15 is 0 Å². The third-order valence-corrected chi connectivity index (χ3v) is 3.88. The topological polar surface area (TPSA) is 99.9 Å². The van der Waals surface area contributed by atoms with Crippen molar-refractivity contribution in [2.24, 2.45) is 0 Å². The number of nitrogens with one attached hydrogen (secondary N) is 1. The Kier molecular flexibility index (Phi) is 3.77. The molecule has 0 aliphatic carbocycles. The summed E-state index contributed by atoms with van der Waals surface area (Å²) in [5.74, 6) is 0. The molecular weight excluding hydrogens is 278 g/mol. The first kappa shape index (κ1) is 13.7. The first-order valence-electron chi connectivity index (χ1n) is 5.50. The van der Waals surface area contributed by atoms with Gasteiger partial charge < -0.3 is 0 Å². The molecule has 100 valence electrons. The van der Waals surface area contributed by atoms with Crippen molar-refractivity contribution in [3.8, 4) is 6.07 Å². The number of carbonyl (C=O) groups is 1. The van der Waals surface area contributed by atoms with Gasteiger partial charge in [-0.15, -0.1) is 0 Å². The first-order chi connectivity index (χ1) is 9.56. The Bertz CT molecular complexity index is 777. The van der Waals surface area contributed by atoms with Crippen LogP contribution in [-0.4, -0.2) is 19.7 Å². The second-order valence-corrected chi connectivity index (χ2v) is 5.46. The van der Waals surface area contributed by atoms with E-state index in [1.54, 1.807) is 6.07 Å². The highest BCUT2D eigenvalue weighted by atomic mass is 32.2. The Morgan fingerprint density at radius 1 is 1.20 bits per heavy atom. The van der Waals surface area contributed by atoms with E-state index in [1.807, 2.05) is 0 Å². The van der Waals surface area contributed by atoms with E-state index in [0.29, 0.717) is 17.5 Å². The zero-order valence-electron chi connectivity index (χ0n) is 10.1. The number of hydrogen-bond donors (Lipinski definition) is 1. The van der Waals surface area contributed by atoms with Crippen LogP contribution in [0.25, 0.3) is 0 Å². The van der Waals surface area contributed by atoms with Crippen LogP contribution >= 0.6 is 0 Å². The number of anilines is 1. The third-order valence-electron chi connectivity index (χ3n) is 2.47. The number of benzene rings is 1. The minimum Gasteiger partial charge on any atom is -0.298 e. The minimum atomic E-state index is -3.90. The quantitative estimate of drug-likeness (QED) is 0.860. The smallest absolute Gasteiger partial charge is 0.264 e. The number of nitriles is 1. The van der Waals surface area contributed by atoms with Crippen molar-refractivity contribution in [1.82, 2.24) is 4.98 Å². The number of hydrogen-bond acceptors (Lipinski definition) is 5. The van der Waals surface area contributed by atoms with Gasteiger partial charge in [0.2, 0.25) is 0 Å². The van der Waals surface area contributed by atoms with Gasteiger partial charge in [-0.2, -0.15) is 5.26 Å². The van der Waals surface area contributed by atoms with Crippen molar-refractivity contribution in [2.45, 2.75) is 4.90 Å². The molecule has 1 aromatic carbocycles. The lowest BCUT2D eigenvalue weighted by atomic mass is 10.2. The van der Waals surface area contributed by atoms with Gasteiger partial charge in [-0.3, -0.25) is 9.52 Å². The summed E-state index contributed by atoms with van der Waals surface area (Å²) in [6, 6.07) is 10.4. The molecule has 0 unspecified atom stereocenters. The van der Waals surface area contributed by atoms with Crippen LogP contribution < -0.4 is 4.72 Å². The lowest BCUT2D eigenvalue weighted by Gasteiger charge is -2.08. The van der Waals surface area contributed by atoms with Gasteiger partial charge in [0.25, 0.3) is 10.0 Å². The van der Waals surface area contributed by atoms with E-state index in [-0.39, 0.29) is 10.6 Å². The molecule has 1 N–H and O–H groups in total. The summed E-state index contributed by atoms with van der Waals surface area (Å²) in [5.41, 5.74) is 0.555. The molecule has 0 spiro atoms. The Morgan fingerprint density at radius 3 is 2.50 bits per heavy atom. The SMILES string of the molecule is N#Cc1ncccc1S(=O)(=O)Nc1ccc(C=O)cc1. The second-order valence-electron chi connectivity index (χ2n) is 3.81. The van der Waals surface area contributed by atoms with Gasteiger partial charge in [-0.25, -0.2) is 13.4 Å². The zero-order chi connectivity index (χ0) is 14.6. The van der Waals surface area contributed by atoms with Crippen molar-refractivity contribution in [1.29, 1.82) is 5.26 Å². The number of rotatable bonds is 4. The van der Waals surface area contributed by atoms with Crippen LogP contribution in [0.15, 0.2) is 47.5 Å². The molecule has 1 heterocycles. The zero-order valence-corrected chi connectivity index (χ0v) is 11.0. The van der Waals surface area contributed by atoms with Crippen LogP contribution in [0, 0.1) is 11.3 Å². The molecule has 7 heteroatoms. The highest BCUT2D eigenvalue weighted by molar-refractivity contribution is 7.92. The molecule has 0 aliphatic rings. The molecule has 0 aliphatic heterocycles. The molecule has 0 atom stereocenters. The van der Waals surface area contributed by atoms with E-state index in [9.17, 15) is 13.2 Å². The predicted octanol–water partition coefficient (Wildman–Crippen LogP) is 1.57. The van der Waals surface area contributed by atoms with Gasteiger partial charge in [0.05, 0.1) is 0 Å². The number of aldehydes is 1. The van der Waals surface area contributed by atoms with Gasteiger partial charge >= 0.3 is 0 Å². The van der Waals surface area contributed by atoms with E-state index in [1.165, 1.54) is 42.6 Å². The fourth-order valence-corrected chi connectivity index (χ4v) is 2.70. The average Bonchev–Trinajstić information content (AvgIpc) is 2.47. The average molecular weight is 287 g/mol. The van der Waals surface area contributed by atoms with Crippen LogP contribution in [-0.2, 0) is 10.0 Å². The Balaban J connectivity index is 2.36. The molecule has 0 amide bonds. The molecule has 6 nitrogen and oxygen atoms in total. The Hall–Kier alpha value is -2.72. The molecule has 20 heavy (non-hydrogen) atoms. The third kappa shape index (κ3) is 2.81. The maximum Gasteiger partial charge on any atom is 0.264 e. The Labute approximate surface area is 115 Å². The first-order valence-corrected chi connectivity index (χ1v) is 6.98. The largest absolute Gasteiger partial charge is 0.298 e. The normalized spacial score (nSPS) is 10.6. The van der Waals surface area contributed by atoms with Crippen molar-refractivity contribution in [3.05, 3.63) is 53.9 Å². The van der Waals surface area contributed by atoms with Crippen LogP contribution in [0.2, 0.25) is 0 Å². The van der Waals surface area contributed by atoms with E-state index in [0.717, 1.165) is 0 Å². The number of nitrogens with zero attached hydrogens (tertiary/aromatic N) is 2. The molecule has 0 saturated carbocycles. The van der Waals surface area contributed by atoms with Crippen molar-refractivity contribution in [3.63, 3.8) is 0 Å². The minimum absolute atomic E-state index is 0.176. The molecule has 0 fully saturated rings. The number of pyridine rings is 1. The summed E-state index contributed by atoms with van der Waals surface area (Å²) < 4.78 is 26.7. The van der Waals surface area contributed by atoms with E-state index in [2.05, 4.69) is 9.71 Å². The van der Waals surface area contributed by atoms with Crippen LogP contribution in [0.5, 0.6) is 0 Å². The maximum atomic E-state index is 12.2. The molecule has 2 aromatic rings. The van der Waals surface area contributed by atoms with E-state index in [4.69, 9.17) is 5.26 Å². The summed E-state index contributed by atoms with van der Waals surface area (Å²) in [4.78, 5) is 14.0. The van der Waals surface area contributed by atoms with E-state index < -0.39 is 10.0 Å². The van der Waals surface area contributed by atoms with Crippen LogP contribution in [0.1, 0.15) is 16.1 Å². The van der Waals surface area contributed by atoms with Gasteiger partial charge in [0.1, 0.15) is 17.3 Å². The number of carbonyl (C=O) groups excluding carboxylic acids is 1. The molecular formula is C13H9N3O3S. The van der Waals surface area contributed by atoms with Gasteiger partial charge in [0, 0.05) is 17.4 Å². The predicted molar refractivity (Wildman–Crippen MR) is 71.6 cm³/mol. The summed E-state index contributed by atoms with van der Waals surface area (Å²) in [5, 5.41) is 8.87. The van der Waals surface area contributed by atoms with Crippen LogP contribution in [0.4, 0.5) is 5.69 Å². The highest BCUT2D eigenvalue weighted by Crippen LogP contribution is 2.18. The van der Waals surface area contributed by atoms with Crippen molar-refractivity contribution in [2.75, 3.05) is 4.72 Å². The van der Waals surface area contributed by atoms with Gasteiger partial charge in [0.15, 0.2) is 5.69 Å². The molecule has 0 saturated heterocycles. The summed E-state index contributed by atoms with van der Waals surface area (Å²) in [6.45, 7) is 0. The van der Waals surface area contributed by atoms with Crippen molar-refractivity contribution < 1.29 is 13.2 Å². The summed E-state index contributed by atoms with van der Waals surface area (Å²) in [6.07, 6.45) is 2.00. The molecule has 0 radical (unpaired) electrons. The maximum absolute atomic E-state index is 12.2. The molecule has 2 rings (SSSR count). The fraction of sp³-hybridized carbons (Fsp3) is 0. The highest BCUT2D eigenvalue weighted by Gasteiger charge is 2.19. The Morgan fingerprint density at radius 2 is 1.90 bits per heavy atom. The number of sulfonamides is 1. The lowest BCUT2D eigenvalue weighted by molar-refractivity contribution is 0.112. The summed E-state index contributed by atoms with van der Waals surface area (Å²) >= 11 is 0. The van der Waals surface area contributed by atoms with Gasteiger partial charge in [-0.1, -0.05) is 0 Å². The summed E-state index contributed by atoms with van der Waals surface area (Å²) in [7, 11) is -3.90. The monoisotopic (exact) mass is 287 g/mol. The second kappa shape index (κ2) is 5.50. The van der Waals surface area contributed by atoms with Crippen molar-refractivity contribution >= 4 is 22.0 Å². The van der Waals surface area contributed by atoms with Crippen LogP contribution in [0.3, 0.4) is 0 Å². The van der Waals surface area contributed by atoms with Gasteiger partial charge in [-0.05, 0) is 36.4 Å².